The fraction of sp³-hybridized carbons (Fsp3) is 0. The van der Waals surface area contributed by atoms with E-state index in [1.165, 1.54) is 76.1 Å². The topological polar surface area (TPSA) is 3.24 Å². The van der Waals surface area contributed by atoms with Gasteiger partial charge in [0.1, 0.15) is 0 Å². The van der Waals surface area contributed by atoms with Gasteiger partial charge in [0.2, 0.25) is 0 Å². The molecule has 10 aromatic rings. The third-order valence-corrected chi connectivity index (χ3v) is 10.4. The lowest BCUT2D eigenvalue weighted by atomic mass is 9.91. The molecular weight excluding hydrogens is 615 g/mol. The highest BCUT2D eigenvalue weighted by atomic mass is 15.1. The molecule has 0 aliphatic heterocycles. The van der Waals surface area contributed by atoms with E-state index in [1.54, 1.807) is 0 Å². The lowest BCUT2D eigenvalue weighted by Crippen LogP contribution is -2.11. The third-order valence-electron chi connectivity index (χ3n) is 10.4. The van der Waals surface area contributed by atoms with Crippen LogP contribution in [-0.4, -0.2) is 0 Å². The van der Waals surface area contributed by atoms with Crippen LogP contribution in [0.25, 0.3) is 76.1 Å². The van der Waals surface area contributed by atoms with Gasteiger partial charge >= 0.3 is 0 Å². The van der Waals surface area contributed by atoms with Crippen LogP contribution in [-0.2, 0) is 0 Å². The number of fused-ring (bicyclic) bond motifs is 8. The Balaban J connectivity index is 1.31. The Morgan fingerprint density at radius 1 is 0.275 bits per heavy atom. The Morgan fingerprint density at radius 2 is 0.804 bits per heavy atom. The van der Waals surface area contributed by atoms with E-state index in [4.69, 9.17) is 0 Å². The van der Waals surface area contributed by atoms with E-state index in [1.807, 2.05) is 0 Å². The lowest BCUT2D eigenvalue weighted by Gasteiger charge is -2.29. The molecule has 0 atom stereocenters. The van der Waals surface area contributed by atoms with Gasteiger partial charge in [-0.3, -0.25) is 0 Å². The molecule has 0 heterocycles. The van der Waals surface area contributed by atoms with E-state index in [-0.39, 0.29) is 0 Å². The first-order valence-corrected chi connectivity index (χ1v) is 17.6. The number of nitrogens with zero attached hydrogens (tertiary/aromatic N) is 1. The number of rotatable bonds is 5. The Bertz CT molecular complexity index is 2920. The minimum atomic E-state index is 1.11. The molecule has 0 amide bonds. The molecule has 0 fully saturated rings. The summed E-state index contributed by atoms with van der Waals surface area (Å²) in [6.45, 7) is 0. The second-order valence-corrected chi connectivity index (χ2v) is 13.3. The zero-order chi connectivity index (χ0) is 33.7. The van der Waals surface area contributed by atoms with Crippen LogP contribution in [0.3, 0.4) is 0 Å². The van der Waals surface area contributed by atoms with Gasteiger partial charge < -0.3 is 4.90 Å². The highest BCUT2D eigenvalue weighted by Gasteiger charge is 2.22. The third kappa shape index (κ3) is 4.86. The summed E-state index contributed by atoms with van der Waals surface area (Å²) in [5.74, 6) is 0. The van der Waals surface area contributed by atoms with Gasteiger partial charge in [-0.15, -0.1) is 0 Å². The normalized spacial score (nSPS) is 11.5. The first kappa shape index (κ1) is 29.2. The number of anilines is 3. The predicted molar refractivity (Wildman–Crippen MR) is 220 cm³/mol. The minimum Gasteiger partial charge on any atom is -0.309 e. The number of hydrogen-bond acceptors (Lipinski definition) is 1. The predicted octanol–water partition coefficient (Wildman–Crippen LogP) is 14.3. The molecule has 1 nitrogen and oxygen atoms in total. The van der Waals surface area contributed by atoms with Gasteiger partial charge in [-0.1, -0.05) is 176 Å². The summed E-state index contributed by atoms with van der Waals surface area (Å²) in [7, 11) is 0. The summed E-state index contributed by atoms with van der Waals surface area (Å²) in [5, 5.41) is 12.5. The van der Waals surface area contributed by atoms with Crippen LogP contribution in [0.1, 0.15) is 0 Å². The molecular formula is C50H33N. The molecule has 0 radical (unpaired) electrons. The van der Waals surface area contributed by atoms with E-state index in [2.05, 4.69) is 205 Å². The molecule has 0 unspecified atom stereocenters. The second-order valence-electron chi connectivity index (χ2n) is 13.3. The molecule has 0 saturated carbocycles. The van der Waals surface area contributed by atoms with Crippen LogP contribution >= 0.6 is 0 Å². The van der Waals surface area contributed by atoms with Gasteiger partial charge in [0.15, 0.2) is 0 Å². The Hall–Kier alpha value is -6.70. The largest absolute Gasteiger partial charge is 0.309 e. The second kappa shape index (κ2) is 12.0. The Kier molecular flexibility index (Phi) is 6.89. The summed E-state index contributed by atoms with van der Waals surface area (Å²) in [6, 6.07) is 73.1. The van der Waals surface area contributed by atoms with Gasteiger partial charge in [-0.05, 0) is 84.2 Å². The molecule has 0 aliphatic rings. The maximum Gasteiger partial charge on any atom is 0.0546 e. The summed E-state index contributed by atoms with van der Waals surface area (Å²) >= 11 is 0. The number of benzene rings is 10. The zero-order valence-corrected chi connectivity index (χ0v) is 28.0. The maximum atomic E-state index is 2.49. The first-order chi connectivity index (χ1) is 25.3. The first-order valence-electron chi connectivity index (χ1n) is 17.6. The molecule has 0 aliphatic carbocycles. The van der Waals surface area contributed by atoms with E-state index in [0.717, 1.165) is 17.1 Å². The van der Waals surface area contributed by atoms with E-state index in [9.17, 15) is 0 Å². The molecule has 0 aromatic heterocycles. The maximum absolute atomic E-state index is 2.49. The van der Waals surface area contributed by atoms with Crippen molar-refractivity contribution < 1.29 is 0 Å². The van der Waals surface area contributed by atoms with Gasteiger partial charge in [-0.2, -0.15) is 0 Å². The SMILES string of the molecule is c1ccc(-c2ccccc2-c2cccc(N(c3cccc4ccccc34)c3cc4ccc5ccccc5c4c4c3ccc3ccccc34)c2)cc1. The van der Waals surface area contributed by atoms with Gasteiger partial charge in [0.25, 0.3) is 0 Å². The summed E-state index contributed by atoms with van der Waals surface area (Å²) in [6.07, 6.45) is 0. The number of hydrogen-bond donors (Lipinski definition) is 0. The molecule has 0 saturated heterocycles. The van der Waals surface area contributed by atoms with Crippen molar-refractivity contribution in [3.8, 4) is 22.3 Å². The Labute approximate surface area is 297 Å². The molecule has 10 rings (SSSR count). The van der Waals surface area contributed by atoms with Crippen molar-refractivity contribution in [2.45, 2.75) is 0 Å². The van der Waals surface area contributed by atoms with Crippen molar-refractivity contribution >= 4 is 70.9 Å². The fourth-order valence-corrected chi connectivity index (χ4v) is 8.08. The molecule has 51 heavy (non-hydrogen) atoms. The molecule has 1 heteroatoms. The monoisotopic (exact) mass is 647 g/mol. The average Bonchev–Trinajstić information content (AvgIpc) is 3.21. The molecule has 10 aromatic carbocycles. The van der Waals surface area contributed by atoms with E-state index in [0.29, 0.717) is 0 Å². The van der Waals surface area contributed by atoms with Crippen LogP contribution in [0, 0.1) is 0 Å². The van der Waals surface area contributed by atoms with Crippen molar-refractivity contribution in [1.29, 1.82) is 0 Å². The van der Waals surface area contributed by atoms with Crippen molar-refractivity contribution in [3.05, 3.63) is 200 Å². The van der Waals surface area contributed by atoms with E-state index < -0.39 is 0 Å². The quantitative estimate of drug-likeness (QED) is 0.168. The molecule has 238 valence electrons. The van der Waals surface area contributed by atoms with Crippen LogP contribution in [0.5, 0.6) is 0 Å². The summed E-state index contributed by atoms with van der Waals surface area (Å²) in [5.41, 5.74) is 8.24. The van der Waals surface area contributed by atoms with Crippen molar-refractivity contribution in [2.24, 2.45) is 0 Å². The lowest BCUT2D eigenvalue weighted by molar-refractivity contribution is 1.32. The minimum absolute atomic E-state index is 1.11. The molecule has 0 bridgehead atoms. The Morgan fingerprint density at radius 3 is 1.57 bits per heavy atom. The zero-order valence-electron chi connectivity index (χ0n) is 28.0. The smallest absolute Gasteiger partial charge is 0.0546 e. The van der Waals surface area contributed by atoms with Crippen molar-refractivity contribution in [3.63, 3.8) is 0 Å². The van der Waals surface area contributed by atoms with Gasteiger partial charge in [0, 0.05) is 21.8 Å². The van der Waals surface area contributed by atoms with Crippen molar-refractivity contribution in [2.75, 3.05) is 4.90 Å². The summed E-state index contributed by atoms with van der Waals surface area (Å²) < 4.78 is 0. The van der Waals surface area contributed by atoms with Crippen LogP contribution in [0.2, 0.25) is 0 Å². The van der Waals surface area contributed by atoms with Crippen LogP contribution < -0.4 is 4.90 Å². The van der Waals surface area contributed by atoms with E-state index >= 15 is 0 Å². The van der Waals surface area contributed by atoms with Crippen LogP contribution in [0.4, 0.5) is 17.1 Å². The molecule has 0 spiro atoms. The highest BCUT2D eigenvalue weighted by Crippen LogP contribution is 2.48. The standard InChI is InChI=1S/C50H33N/c1-2-14-34(15-3-1)41-22-10-11-23-42(41)38-20-12-21-40(32-38)51(47-27-13-19-35-16-4-7-24-43(35)47)48-33-39-29-28-36-17-5-8-25-44(36)49(39)50-45-26-9-6-18-37(45)30-31-46(48)50/h1-33H. The fourth-order valence-electron chi connectivity index (χ4n) is 8.08. The highest BCUT2D eigenvalue weighted by molar-refractivity contribution is 6.30. The average molecular weight is 648 g/mol. The summed E-state index contributed by atoms with van der Waals surface area (Å²) in [4.78, 5) is 2.49. The van der Waals surface area contributed by atoms with Gasteiger partial charge in [0.05, 0.1) is 11.4 Å². The van der Waals surface area contributed by atoms with Crippen molar-refractivity contribution in [1.82, 2.24) is 0 Å². The van der Waals surface area contributed by atoms with Crippen LogP contribution in [0.15, 0.2) is 200 Å². The molecule has 0 N–H and O–H groups in total. The van der Waals surface area contributed by atoms with Gasteiger partial charge in [-0.25, -0.2) is 0 Å².